The van der Waals surface area contributed by atoms with E-state index in [0.29, 0.717) is 25.1 Å². The second-order valence-corrected chi connectivity index (χ2v) is 6.37. The fourth-order valence-corrected chi connectivity index (χ4v) is 3.13. The van der Waals surface area contributed by atoms with E-state index in [1.807, 2.05) is 35.2 Å². The normalized spacial score (nSPS) is 16.7. The Kier molecular flexibility index (Phi) is 5.12. The Labute approximate surface area is 146 Å². The summed E-state index contributed by atoms with van der Waals surface area (Å²) in [7, 11) is 1.74. The molecule has 1 atom stereocenters. The third-order valence-corrected chi connectivity index (χ3v) is 4.67. The van der Waals surface area contributed by atoms with E-state index in [9.17, 15) is 14.0 Å². The number of likely N-dealkylation sites (N-methyl/N-ethyl adjacent to an activating group) is 1. The molecular weight excluding hydrogens is 319 g/mol. The molecule has 0 N–H and O–H groups in total. The number of benzene rings is 2. The first kappa shape index (κ1) is 17.1. The smallest absolute Gasteiger partial charge is 0.253 e. The second kappa shape index (κ2) is 7.47. The van der Waals surface area contributed by atoms with Gasteiger partial charge in [-0.15, -0.1) is 0 Å². The molecule has 1 saturated heterocycles. The van der Waals surface area contributed by atoms with Gasteiger partial charge in [-0.2, -0.15) is 0 Å². The van der Waals surface area contributed by atoms with Gasteiger partial charge in [-0.25, -0.2) is 4.39 Å². The highest BCUT2D eigenvalue weighted by Gasteiger charge is 2.31. The molecule has 0 spiro atoms. The van der Waals surface area contributed by atoms with Crippen molar-refractivity contribution in [2.24, 2.45) is 0 Å². The largest absolute Gasteiger partial charge is 0.340 e. The lowest BCUT2D eigenvalue weighted by Gasteiger charge is -2.25. The Bertz CT molecular complexity index is 746. The Morgan fingerprint density at radius 2 is 1.80 bits per heavy atom. The maximum absolute atomic E-state index is 13.0. The van der Waals surface area contributed by atoms with Gasteiger partial charge in [0.25, 0.3) is 5.91 Å². The van der Waals surface area contributed by atoms with E-state index in [4.69, 9.17) is 0 Å². The van der Waals surface area contributed by atoms with Gasteiger partial charge in [0.05, 0.1) is 12.5 Å². The molecule has 2 amide bonds. The summed E-state index contributed by atoms with van der Waals surface area (Å²) in [6.45, 7) is 1.19. The van der Waals surface area contributed by atoms with Gasteiger partial charge >= 0.3 is 0 Å². The van der Waals surface area contributed by atoms with Gasteiger partial charge in [-0.3, -0.25) is 9.59 Å². The SMILES string of the molecule is CN(C(=O)c1ccc(F)cc1)C1CCN(C(=O)Cc2ccccc2)C1. The Balaban J connectivity index is 1.59. The van der Waals surface area contributed by atoms with E-state index in [2.05, 4.69) is 0 Å². The van der Waals surface area contributed by atoms with Gasteiger partial charge in [-0.1, -0.05) is 30.3 Å². The molecule has 1 heterocycles. The van der Waals surface area contributed by atoms with Crippen LogP contribution in [0.15, 0.2) is 54.6 Å². The first-order chi connectivity index (χ1) is 12.0. The third-order valence-electron chi connectivity index (χ3n) is 4.67. The topological polar surface area (TPSA) is 40.6 Å². The summed E-state index contributed by atoms with van der Waals surface area (Å²) >= 11 is 0. The van der Waals surface area contributed by atoms with Crippen molar-refractivity contribution >= 4 is 11.8 Å². The Hall–Kier alpha value is -2.69. The molecule has 130 valence electrons. The number of hydrogen-bond acceptors (Lipinski definition) is 2. The van der Waals surface area contributed by atoms with Crippen molar-refractivity contribution < 1.29 is 14.0 Å². The molecule has 0 radical (unpaired) electrons. The fraction of sp³-hybridized carbons (Fsp3) is 0.300. The summed E-state index contributed by atoms with van der Waals surface area (Å²) in [5, 5.41) is 0. The first-order valence-corrected chi connectivity index (χ1v) is 8.39. The molecule has 2 aromatic rings. The van der Waals surface area contributed by atoms with Gasteiger partial charge in [0.1, 0.15) is 5.82 Å². The van der Waals surface area contributed by atoms with Crippen molar-refractivity contribution in [2.45, 2.75) is 18.9 Å². The van der Waals surface area contributed by atoms with Crippen LogP contribution in [0.3, 0.4) is 0 Å². The number of likely N-dealkylation sites (tertiary alicyclic amines) is 1. The third kappa shape index (κ3) is 4.05. The average molecular weight is 340 g/mol. The minimum Gasteiger partial charge on any atom is -0.340 e. The maximum Gasteiger partial charge on any atom is 0.253 e. The van der Waals surface area contributed by atoms with Gasteiger partial charge in [0.15, 0.2) is 0 Å². The van der Waals surface area contributed by atoms with Crippen LogP contribution in [0.2, 0.25) is 0 Å². The molecule has 1 aliphatic heterocycles. The monoisotopic (exact) mass is 340 g/mol. The lowest BCUT2D eigenvalue weighted by Crippen LogP contribution is -2.40. The molecule has 0 aromatic heterocycles. The molecule has 3 rings (SSSR count). The van der Waals surface area contributed by atoms with Gasteiger partial charge in [-0.05, 0) is 36.2 Å². The summed E-state index contributed by atoms with van der Waals surface area (Å²) in [5.41, 5.74) is 1.45. The molecular formula is C20H21FN2O2. The van der Waals surface area contributed by atoms with Crippen LogP contribution in [0.25, 0.3) is 0 Å². The zero-order valence-electron chi connectivity index (χ0n) is 14.2. The highest BCUT2D eigenvalue weighted by molar-refractivity contribution is 5.94. The molecule has 5 heteroatoms. The highest BCUT2D eigenvalue weighted by atomic mass is 19.1. The van der Waals surface area contributed by atoms with Crippen molar-refractivity contribution in [2.75, 3.05) is 20.1 Å². The van der Waals surface area contributed by atoms with Crippen LogP contribution in [0.4, 0.5) is 4.39 Å². The van der Waals surface area contributed by atoms with Crippen molar-refractivity contribution in [3.63, 3.8) is 0 Å². The van der Waals surface area contributed by atoms with Crippen molar-refractivity contribution in [3.8, 4) is 0 Å². The molecule has 0 saturated carbocycles. The fourth-order valence-electron chi connectivity index (χ4n) is 3.13. The number of carbonyl (C=O) groups excluding carboxylic acids is 2. The first-order valence-electron chi connectivity index (χ1n) is 8.39. The van der Waals surface area contributed by atoms with Crippen LogP contribution in [0.1, 0.15) is 22.3 Å². The van der Waals surface area contributed by atoms with E-state index >= 15 is 0 Å². The van der Waals surface area contributed by atoms with Crippen molar-refractivity contribution in [1.29, 1.82) is 0 Å². The molecule has 2 aromatic carbocycles. The Morgan fingerprint density at radius 1 is 1.12 bits per heavy atom. The summed E-state index contributed by atoms with van der Waals surface area (Å²) in [6, 6.07) is 15.2. The number of halogens is 1. The zero-order valence-corrected chi connectivity index (χ0v) is 14.2. The quantitative estimate of drug-likeness (QED) is 0.859. The minimum atomic E-state index is -0.363. The molecule has 1 fully saturated rings. The summed E-state index contributed by atoms with van der Waals surface area (Å²) in [5.74, 6) is -0.434. The molecule has 0 bridgehead atoms. The average Bonchev–Trinajstić information content (AvgIpc) is 3.12. The number of hydrogen-bond donors (Lipinski definition) is 0. The van der Waals surface area contributed by atoms with Gasteiger partial charge in [0, 0.05) is 25.7 Å². The van der Waals surface area contributed by atoms with E-state index in [-0.39, 0.29) is 23.7 Å². The lowest BCUT2D eigenvalue weighted by molar-refractivity contribution is -0.129. The van der Waals surface area contributed by atoms with E-state index in [0.717, 1.165) is 12.0 Å². The van der Waals surface area contributed by atoms with Crippen LogP contribution in [0, 0.1) is 5.82 Å². The highest BCUT2D eigenvalue weighted by Crippen LogP contribution is 2.18. The van der Waals surface area contributed by atoms with E-state index < -0.39 is 0 Å². The number of amides is 2. The molecule has 4 nitrogen and oxygen atoms in total. The predicted octanol–water partition coefficient (Wildman–Crippen LogP) is 2.74. The number of carbonyl (C=O) groups is 2. The minimum absolute atomic E-state index is 0.0164. The Morgan fingerprint density at radius 3 is 2.48 bits per heavy atom. The number of rotatable bonds is 4. The van der Waals surface area contributed by atoms with Crippen LogP contribution < -0.4 is 0 Å². The zero-order chi connectivity index (χ0) is 17.8. The number of nitrogens with zero attached hydrogens (tertiary/aromatic N) is 2. The predicted molar refractivity (Wildman–Crippen MR) is 93.6 cm³/mol. The summed E-state index contributed by atoms with van der Waals surface area (Å²) in [4.78, 5) is 28.4. The molecule has 1 aliphatic rings. The summed E-state index contributed by atoms with van der Waals surface area (Å²) < 4.78 is 13.0. The summed E-state index contributed by atoms with van der Waals surface area (Å²) in [6.07, 6.45) is 1.13. The molecule has 25 heavy (non-hydrogen) atoms. The van der Waals surface area contributed by atoms with Gasteiger partial charge in [0.2, 0.25) is 5.91 Å². The van der Waals surface area contributed by atoms with E-state index in [1.165, 1.54) is 24.3 Å². The van der Waals surface area contributed by atoms with Crippen LogP contribution >= 0.6 is 0 Å². The second-order valence-electron chi connectivity index (χ2n) is 6.37. The standard InChI is InChI=1S/C20H21FN2O2/c1-22(20(25)16-7-9-17(21)10-8-16)18-11-12-23(14-18)19(24)13-15-5-3-2-4-6-15/h2-10,18H,11-14H2,1H3. The van der Waals surface area contributed by atoms with Crippen molar-refractivity contribution in [3.05, 3.63) is 71.5 Å². The van der Waals surface area contributed by atoms with Crippen LogP contribution in [-0.4, -0.2) is 47.8 Å². The van der Waals surface area contributed by atoms with E-state index in [1.54, 1.807) is 11.9 Å². The van der Waals surface area contributed by atoms with Crippen LogP contribution in [0.5, 0.6) is 0 Å². The van der Waals surface area contributed by atoms with Crippen molar-refractivity contribution in [1.82, 2.24) is 9.80 Å². The lowest BCUT2D eigenvalue weighted by atomic mass is 10.1. The van der Waals surface area contributed by atoms with Gasteiger partial charge < -0.3 is 9.80 Å². The van der Waals surface area contributed by atoms with Crippen LogP contribution in [-0.2, 0) is 11.2 Å². The molecule has 0 aliphatic carbocycles. The maximum atomic E-state index is 13.0. The molecule has 1 unspecified atom stereocenters.